The highest BCUT2D eigenvalue weighted by Gasteiger charge is 2.41. The van der Waals surface area contributed by atoms with E-state index >= 15 is 0 Å². The Labute approximate surface area is 91.0 Å². The summed E-state index contributed by atoms with van der Waals surface area (Å²) in [6.07, 6.45) is 0. The van der Waals surface area contributed by atoms with Gasteiger partial charge in [-0.15, -0.1) is 0 Å². The molecule has 2 fully saturated rings. The van der Waals surface area contributed by atoms with E-state index in [4.69, 9.17) is 18.9 Å². The van der Waals surface area contributed by atoms with Gasteiger partial charge < -0.3 is 18.9 Å². The standard InChI is InChI=1S/C9H14B2O4/c10-1-7-12-3-9(4-13-7)5-14-8(2-11)15-6-9/h1-2H,3-6,10-11H2. The topological polar surface area (TPSA) is 36.9 Å². The molecule has 6 heteroatoms. The summed E-state index contributed by atoms with van der Waals surface area (Å²) >= 11 is 0. The molecule has 0 atom stereocenters. The van der Waals surface area contributed by atoms with Crippen LogP contribution in [0, 0.1) is 5.41 Å². The van der Waals surface area contributed by atoms with Crippen molar-refractivity contribution in [2.24, 2.45) is 5.41 Å². The van der Waals surface area contributed by atoms with Crippen molar-refractivity contribution in [2.75, 3.05) is 26.4 Å². The van der Waals surface area contributed by atoms with Crippen LogP contribution in [-0.2, 0) is 18.9 Å². The van der Waals surface area contributed by atoms with Gasteiger partial charge in [-0.3, -0.25) is 0 Å². The molecule has 0 bridgehead atoms. The van der Waals surface area contributed by atoms with Gasteiger partial charge in [-0.05, 0) is 12.0 Å². The maximum atomic E-state index is 5.45. The Morgan fingerprint density at radius 3 is 1.40 bits per heavy atom. The van der Waals surface area contributed by atoms with Gasteiger partial charge in [0.25, 0.3) is 11.9 Å². The van der Waals surface area contributed by atoms with Gasteiger partial charge in [-0.1, -0.05) is 0 Å². The molecule has 2 heterocycles. The molecule has 0 aromatic carbocycles. The van der Waals surface area contributed by atoms with Crippen LogP contribution in [0.25, 0.3) is 0 Å². The Balaban J connectivity index is 1.94. The fraction of sp³-hybridized carbons (Fsp3) is 0.556. The van der Waals surface area contributed by atoms with Gasteiger partial charge in [-0.2, -0.15) is 0 Å². The molecule has 0 saturated carbocycles. The molecule has 0 amide bonds. The minimum atomic E-state index is -0.154. The molecule has 0 aromatic heterocycles. The molecule has 2 saturated heterocycles. The van der Waals surface area contributed by atoms with Crippen LogP contribution >= 0.6 is 0 Å². The molecule has 0 N–H and O–H groups in total. The highest BCUT2D eigenvalue weighted by molar-refractivity contribution is 6.17. The summed E-state index contributed by atoms with van der Waals surface area (Å²) in [6, 6.07) is 0. The van der Waals surface area contributed by atoms with Crippen LogP contribution in [0.15, 0.2) is 23.8 Å². The molecule has 4 nitrogen and oxygen atoms in total. The van der Waals surface area contributed by atoms with E-state index in [0.29, 0.717) is 38.3 Å². The third-order valence-corrected chi connectivity index (χ3v) is 2.55. The van der Waals surface area contributed by atoms with E-state index in [1.807, 2.05) is 27.6 Å². The van der Waals surface area contributed by atoms with Crippen LogP contribution < -0.4 is 0 Å². The molecule has 0 aliphatic carbocycles. The highest BCUT2D eigenvalue weighted by atomic mass is 16.7. The Morgan fingerprint density at radius 1 is 0.800 bits per heavy atom. The molecule has 80 valence electrons. The maximum absolute atomic E-state index is 5.45. The second-order valence-electron chi connectivity index (χ2n) is 3.87. The number of rotatable bonds is 0. The number of hydrogen-bond acceptors (Lipinski definition) is 4. The molecule has 2 rings (SSSR count). The first-order valence-electron chi connectivity index (χ1n) is 5.12. The average molecular weight is 208 g/mol. The monoisotopic (exact) mass is 208 g/mol. The van der Waals surface area contributed by atoms with Crippen LogP contribution in [0.5, 0.6) is 0 Å². The minimum Gasteiger partial charge on any atom is -0.465 e. The molecule has 2 aliphatic heterocycles. The predicted octanol–water partition coefficient (Wildman–Crippen LogP) is -1.07. The average Bonchev–Trinajstić information content (AvgIpc) is 2.31. The van der Waals surface area contributed by atoms with E-state index < -0.39 is 0 Å². The third-order valence-electron chi connectivity index (χ3n) is 2.55. The van der Waals surface area contributed by atoms with E-state index in [1.54, 1.807) is 0 Å². The largest absolute Gasteiger partial charge is 0.465 e. The van der Waals surface area contributed by atoms with Crippen molar-refractivity contribution in [3.63, 3.8) is 0 Å². The maximum Gasteiger partial charge on any atom is 0.265 e. The van der Waals surface area contributed by atoms with Crippen molar-refractivity contribution in [2.45, 2.75) is 0 Å². The second kappa shape index (κ2) is 4.13. The first kappa shape index (κ1) is 10.3. The summed E-state index contributed by atoms with van der Waals surface area (Å²) in [5.74, 6) is 4.82. The molecule has 1 spiro atoms. The first-order chi connectivity index (χ1) is 7.28. The van der Waals surface area contributed by atoms with Gasteiger partial charge in [0.2, 0.25) is 0 Å². The van der Waals surface area contributed by atoms with Crippen molar-refractivity contribution >= 4 is 15.7 Å². The second-order valence-corrected chi connectivity index (χ2v) is 3.87. The van der Waals surface area contributed by atoms with Crippen LogP contribution in [0.1, 0.15) is 0 Å². The first-order valence-corrected chi connectivity index (χ1v) is 5.12. The normalized spacial score (nSPS) is 29.6. The van der Waals surface area contributed by atoms with Crippen molar-refractivity contribution in [3.8, 4) is 0 Å². The summed E-state index contributed by atoms with van der Waals surface area (Å²) in [6.45, 7) is 2.35. The van der Waals surface area contributed by atoms with Crippen LogP contribution in [0.2, 0.25) is 0 Å². The van der Waals surface area contributed by atoms with E-state index in [1.165, 1.54) is 0 Å². The Hall–Kier alpha value is -1.19. The van der Waals surface area contributed by atoms with Crippen molar-refractivity contribution in [3.05, 3.63) is 23.8 Å². The lowest BCUT2D eigenvalue weighted by Crippen LogP contribution is -2.46. The van der Waals surface area contributed by atoms with Crippen molar-refractivity contribution < 1.29 is 18.9 Å². The third kappa shape index (κ3) is 2.08. The number of hydrogen-bond donors (Lipinski definition) is 0. The van der Waals surface area contributed by atoms with E-state index in [9.17, 15) is 0 Å². The smallest absolute Gasteiger partial charge is 0.265 e. The molecular formula is C9H14B2O4. The lowest BCUT2D eigenvalue weighted by molar-refractivity contribution is -0.184. The summed E-state index contributed by atoms with van der Waals surface area (Å²) in [5.41, 5.74) is -0.154. The number of ether oxygens (including phenoxy) is 4. The summed E-state index contributed by atoms with van der Waals surface area (Å²) in [4.78, 5) is 0. The predicted molar refractivity (Wildman–Crippen MR) is 59.5 cm³/mol. The summed E-state index contributed by atoms with van der Waals surface area (Å²) in [5, 5.41) is 0. The Kier molecular flexibility index (Phi) is 2.84. The lowest BCUT2D eigenvalue weighted by atomic mass is 9.91. The molecule has 2 aliphatic rings. The van der Waals surface area contributed by atoms with Gasteiger partial charge in [0.05, 0.1) is 0 Å². The molecular weight excluding hydrogens is 194 g/mol. The van der Waals surface area contributed by atoms with Crippen LogP contribution in [-0.4, -0.2) is 42.1 Å². The van der Waals surface area contributed by atoms with Gasteiger partial charge in [-0.25, -0.2) is 0 Å². The fourth-order valence-electron chi connectivity index (χ4n) is 1.56. The van der Waals surface area contributed by atoms with Crippen molar-refractivity contribution in [1.29, 1.82) is 0 Å². The molecule has 0 aromatic rings. The molecule has 0 radical (unpaired) electrons. The molecule has 0 unspecified atom stereocenters. The zero-order valence-electron chi connectivity index (χ0n) is 9.12. The Bertz CT molecular complexity index is 247. The van der Waals surface area contributed by atoms with E-state index in [0.717, 1.165) is 0 Å². The lowest BCUT2D eigenvalue weighted by Gasteiger charge is -2.40. The zero-order chi connectivity index (χ0) is 10.7. The van der Waals surface area contributed by atoms with Crippen LogP contribution in [0.4, 0.5) is 0 Å². The minimum absolute atomic E-state index is 0.154. The SMILES string of the molecule is BC=C1OCC2(CO1)COC(=CB)OC2. The molecule has 15 heavy (non-hydrogen) atoms. The van der Waals surface area contributed by atoms with Crippen LogP contribution in [0.3, 0.4) is 0 Å². The van der Waals surface area contributed by atoms with Gasteiger partial charge in [0.1, 0.15) is 47.5 Å². The van der Waals surface area contributed by atoms with Gasteiger partial charge >= 0.3 is 0 Å². The summed E-state index contributed by atoms with van der Waals surface area (Å²) in [7, 11) is 3.78. The van der Waals surface area contributed by atoms with Gasteiger partial charge in [0, 0.05) is 0 Å². The van der Waals surface area contributed by atoms with E-state index in [-0.39, 0.29) is 5.41 Å². The van der Waals surface area contributed by atoms with Crippen molar-refractivity contribution in [1.82, 2.24) is 0 Å². The van der Waals surface area contributed by atoms with Gasteiger partial charge in [0.15, 0.2) is 0 Å². The highest BCUT2D eigenvalue weighted by Crippen LogP contribution is 2.31. The quantitative estimate of drug-likeness (QED) is 0.475. The Morgan fingerprint density at radius 2 is 1.13 bits per heavy atom. The van der Waals surface area contributed by atoms with E-state index in [2.05, 4.69) is 0 Å². The zero-order valence-corrected chi connectivity index (χ0v) is 9.12. The fourth-order valence-corrected chi connectivity index (χ4v) is 1.56. The summed E-state index contributed by atoms with van der Waals surface area (Å²) < 4.78 is 21.8.